The zero-order valence-corrected chi connectivity index (χ0v) is 22.0. The van der Waals surface area contributed by atoms with E-state index in [1.54, 1.807) is 48.0 Å². The van der Waals surface area contributed by atoms with Crippen molar-refractivity contribution >= 4 is 67.7 Å². The Morgan fingerprint density at radius 3 is 2.47 bits per heavy atom. The Labute approximate surface area is 220 Å². The summed E-state index contributed by atoms with van der Waals surface area (Å²) in [5, 5.41) is 3.11. The van der Waals surface area contributed by atoms with Gasteiger partial charge >= 0.3 is 0 Å². The molecule has 10 heteroatoms. The summed E-state index contributed by atoms with van der Waals surface area (Å²) in [6.45, 7) is 5.43. The van der Waals surface area contributed by atoms with E-state index >= 15 is 0 Å². The molecule has 4 aromatic rings. The molecule has 0 aliphatic carbocycles. The molecule has 1 aliphatic heterocycles. The number of aryl methyl sites for hydroxylation is 2. The zero-order chi connectivity index (χ0) is 25.7. The van der Waals surface area contributed by atoms with Gasteiger partial charge < -0.3 is 0 Å². The number of anilines is 1. The number of aromatic nitrogens is 3. The summed E-state index contributed by atoms with van der Waals surface area (Å²) in [6, 6.07) is 16.1. The van der Waals surface area contributed by atoms with Crippen molar-refractivity contribution in [2.24, 2.45) is 0 Å². The topological polar surface area (TPSA) is 89.2 Å². The predicted molar refractivity (Wildman–Crippen MR) is 146 cm³/mol. The molecule has 36 heavy (non-hydrogen) atoms. The third-order valence-electron chi connectivity index (χ3n) is 6.02. The van der Waals surface area contributed by atoms with Crippen molar-refractivity contribution in [1.29, 1.82) is 0 Å². The van der Waals surface area contributed by atoms with Crippen LogP contribution < -0.4 is 15.8 Å². The molecule has 2 aromatic carbocycles. The normalized spacial score (nSPS) is 15.2. The van der Waals surface area contributed by atoms with Crippen LogP contribution in [-0.2, 0) is 9.59 Å². The quantitative estimate of drug-likeness (QED) is 0.232. The minimum atomic E-state index is -0.582. The lowest BCUT2D eigenvalue weighted by Crippen LogP contribution is -2.54. The minimum Gasteiger partial charge on any atom is -0.298 e. The first-order valence-electron chi connectivity index (χ1n) is 11.0. The first-order chi connectivity index (χ1) is 17.2. The molecular weight excluding hydrogens is 542 g/mol. The number of hydrogen-bond acceptors (Lipinski definition) is 5. The van der Waals surface area contributed by atoms with E-state index in [-0.39, 0.29) is 16.2 Å². The SMILES string of the molecule is Cc1cc(C=C2C(=O)NC(=S)N(c3cccc(Br)c3)C2=O)c(C)n1-n1c(C)nc2ccccc2c1=O. The highest BCUT2D eigenvalue weighted by Crippen LogP contribution is 2.26. The Morgan fingerprint density at radius 2 is 1.72 bits per heavy atom. The van der Waals surface area contributed by atoms with Crippen LogP contribution in [0.2, 0.25) is 0 Å². The van der Waals surface area contributed by atoms with Gasteiger partial charge in [-0.15, -0.1) is 0 Å². The molecule has 0 radical (unpaired) electrons. The smallest absolute Gasteiger partial charge is 0.280 e. The van der Waals surface area contributed by atoms with Crippen molar-refractivity contribution in [2.45, 2.75) is 20.8 Å². The van der Waals surface area contributed by atoms with E-state index in [9.17, 15) is 14.4 Å². The number of carbonyl (C=O) groups excluding carboxylic acids is 2. The average molecular weight is 562 g/mol. The number of fused-ring (bicyclic) bond motifs is 1. The molecule has 1 aliphatic rings. The van der Waals surface area contributed by atoms with Crippen LogP contribution in [0.1, 0.15) is 22.8 Å². The lowest BCUT2D eigenvalue weighted by Gasteiger charge is -2.29. The molecule has 0 spiro atoms. The molecule has 0 atom stereocenters. The number of benzene rings is 2. The second-order valence-corrected chi connectivity index (χ2v) is 9.67. The highest BCUT2D eigenvalue weighted by Gasteiger charge is 2.35. The van der Waals surface area contributed by atoms with E-state index in [4.69, 9.17) is 12.2 Å². The molecule has 8 nitrogen and oxygen atoms in total. The molecule has 2 aromatic heterocycles. The Balaban J connectivity index is 1.63. The lowest BCUT2D eigenvalue weighted by molar-refractivity contribution is -0.122. The highest BCUT2D eigenvalue weighted by atomic mass is 79.9. The number of carbonyl (C=O) groups is 2. The van der Waals surface area contributed by atoms with Crippen molar-refractivity contribution in [3.63, 3.8) is 0 Å². The van der Waals surface area contributed by atoms with Gasteiger partial charge in [0.25, 0.3) is 17.4 Å². The van der Waals surface area contributed by atoms with Gasteiger partial charge in [-0.05, 0) is 81.0 Å². The van der Waals surface area contributed by atoms with Crippen LogP contribution in [-0.4, -0.2) is 31.3 Å². The molecule has 180 valence electrons. The van der Waals surface area contributed by atoms with Crippen molar-refractivity contribution in [1.82, 2.24) is 19.7 Å². The van der Waals surface area contributed by atoms with Gasteiger partial charge in [-0.1, -0.05) is 34.1 Å². The second kappa shape index (κ2) is 8.96. The third kappa shape index (κ3) is 3.88. The monoisotopic (exact) mass is 561 g/mol. The van der Waals surface area contributed by atoms with Gasteiger partial charge in [-0.3, -0.25) is 29.3 Å². The summed E-state index contributed by atoms with van der Waals surface area (Å²) in [5.74, 6) is -0.605. The number of halogens is 1. The zero-order valence-electron chi connectivity index (χ0n) is 19.6. The first-order valence-corrected chi connectivity index (χ1v) is 12.2. The van der Waals surface area contributed by atoms with E-state index in [1.165, 1.54) is 15.7 Å². The Hall–Kier alpha value is -3.89. The summed E-state index contributed by atoms with van der Waals surface area (Å²) in [6.07, 6.45) is 1.53. The molecule has 1 saturated heterocycles. The van der Waals surface area contributed by atoms with Crippen LogP contribution in [0.5, 0.6) is 0 Å². The van der Waals surface area contributed by atoms with Crippen LogP contribution in [0.3, 0.4) is 0 Å². The lowest BCUT2D eigenvalue weighted by atomic mass is 10.1. The molecule has 2 amide bonds. The highest BCUT2D eigenvalue weighted by molar-refractivity contribution is 9.10. The fourth-order valence-electron chi connectivity index (χ4n) is 4.36. The maximum atomic E-state index is 13.4. The summed E-state index contributed by atoms with van der Waals surface area (Å²) >= 11 is 8.69. The maximum Gasteiger partial charge on any atom is 0.280 e. The van der Waals surface area contributed by atoms with Gasteiger partial charge in [-0.25, -0.2) is 4.98 Å². The van der Waals surface area contributed by atoms with Gasteiger partial charge in [0, 0.05) is 15.9 Å². The van der Waals surface area contributed by atoms with Crippen LogP contribution in [0.25, 0.3) is 17.0 Å². The number of rotatable bonds is 3. The standard InChI is InChI=1S/C26H20BrN5O3S/c1-14-11-17(15(2)31(14)32-16(3)28-22-10-5-4-9-20(22)25(32)35)12-21-23(33)29-26(36)30(24(21)34)19-8-6-7-18(27)13-19/h4-13H,1-3H3,(H,29,33,36). The largest absolute Gasteiger partial charge is 0.298 e. The van der Waals surface area contributed by atoms with Crippen LogP contribution in [0, 0.1) is 20.8 Å². The van der Waals surface area contributed by atoms with Gasteiger partial charge in [0.2, 0.25) is 0 Å². The fourth-order valence-corrected chi connectivity index (χ4v) is 5.03. The second-order valence-electron chi connectivity index (χ2n) is 8.37. The summed E-state index contributed by atoms with van der Waals surface area (Å²) < 4.78 is 4.01. The van der Waals surface area contributed by atoms with Crippen molar-refractivity contribution < 1.29 is 9.59 Å². The first kappa shape index (κ1) is 23.8. The van der Waals surface area contributed by atoms with Gasteiger partial charge in [0.1, 0.15) is 11.4 Å². The predicted octanol–water partition coefficient (Wildman–Crippen LogP) is 4.03. The van der Waals surface area contributed by atoms with E-state index < -0.39 is 11.8 Å². The molecule has 1 fully saturated rings. The van der Waals surface area contributed by atoms with Crippen molar-refractivity contribution in [3.8, 4) is 0 Å². The van der Waals surface area contributed by atoms with Gasteiger partial charge in [0.05, 0.1) is 16.6 Å². The Kier molecular flexibility index (Phi) is 5.93. The van der Waals surface area contributed by atoms with Gasteiger partial charge in [-0.2, -0.15) is 4.68 Å². The molecule has 0 saturated carbocycles. The van der Waals surface area contributed by atoms with E-state index in [1.807, 2.05) is 32.0 Å². The van der Waals surface area contributed by atoms with Gasteiger partial charge in [0.15, 0.2) is 5.11 Å². The minimum absolute atomic E-state index is 0.00939. The molecule has 0 unspecified atom stereocenters. The van der Waals surface area contributed by atoms with Crippen molar-refractivity contribution in [2.75, 3.05) is 4.90 Å². The summed E-state index contributed by atoms with van der Waals surface area (Å²) in [4.78, 5) is 45.4. The Morgan fingerprint density at radius 1 is 0.972 bits per heavy atom. The molecule has 0 bridgehead atoms. The fraction of sp³-hybridized carbons (Fsp3) is 0.115. The molecule has 3 heterocycles. The number of nitrogens with one attached hydrogen (secondary N) is 1. The molecule has 5 rings (SSSR count). The summed E-state index contributed by atoms with van der Waals surface area (Å²) in [5.41, 5.74) is 2.90. The number of amides is 2. The maximum absolute atomic E-state index is 13.4. The van der Waals surface area contributed by atoms with Crippen molar-refractivity contribution in [3.05, 3.63) is 97.8 Å². The van der Waals surface area contributed by atoms with Crippen LogP contribution in [0.4, 0.5) is 5.69 Å². The Bertz CT molecular complexity index is 1700. The van der Waals surface area contributed by atoms with E-state index in [2.05, 4.69) is 26.2 Å². The van der Waals surface area contributed by atoms with E-state index in [0.29, 0.717) is 33.7 Å². The number of para-hydroxylation sites is 1. The number of thiocarbonyl (C=S) groups is 1. The van der Waals surface area contributed by atoms with Crippen LogP contribution in [0.15, 0.2) is 69.4 Å². The summed E-state index contributed by atoms with van der Waals surface area (Å²) in [7, 11) is 0. The molecular formula is C26H20BrN5O3S. The average Bonchev–Trinajstić information content (AvgIpc) is 3.09. The number of nitrogens with zero attached hydrogens (tertiary/aromatic N) is 4. The van der Waals surface area contributed by atoms with E-state index in [0.717, 1.165) is 10.2 Å². The number of hydrogen-bond donors (Lipinski definition) is 1. The van der Waals surface area contributed by atoms with Crippen LogP contribution >= 0.6 is 28.1 Å². The molecule has 1 N–H and O–H groups in total. The third-order valence-corrected chi connectivity index (χ3v) is 6.80.